The van der Waals surface area contributed by atoms with Gasteiger partial charge in [0.25, 0.3) is 0 Å². The molecule has 3 rings (SSSR count). The van der Waals surface area contributed by atoms with Crippen LogP contribution in [0.4, 0.5) is 0 Å². The molecule has 1 aromatic carbocycles. The van der Waals surface area contributed by atoms with E-state index < -0.39 is 0 Å². The second kappa shape index (κ2) is 5.97. The van der Waals surface area contributed by atoms with Gasteiger partial charge < -0.3 is 29.0 Å². The first-order valence-electron chi connectivity index (χ1n) is 5.88. The molecule has 4 heteroatoms. The Morgan fingerprint density at radius 3 is 2.53 bits per heavy atom. The molecule has 0 atom stereocenters. The number of carbonyl (C=O) groups excluding carboxylic acids is 1. The van der Waals surface area contributed by atoms with E-state index in [2.05, 4.69) is 4.98 Å². The number of hydrogen-bond acceptors (Lipinski definition) is 1. The topological polar surface area (TPSA) is 36.7 Å². The van der Waals surface area contributed by atoms with Crippen LogP contribution in [-0.2, 0) is 6.54 Å². The fourth-order valence-corrected chi connectivity index (χ4v) is 2.01. The summed E-state index contributed by atoms with van der Waals surface area (Å²) in [6.45, 7) is 0.355. The zero-order valence-electron chi connectivity index (χ0n) is 10.2. The van der Waals surface area contributed by atoms with E-state index in [-0.39, 0.29) is 29.8 Å². The maximum Gasteiger partial charge on any atom is 0.243 e. The summed E-state index contributed by atoms with van der Waals surface area (Å²) >= 11 is 0. The number of hydrogen-bond donors (Lipinski definition) is 1. The van der Waals surface area contributed by atoms with Crippen LogP contribution in [-0.4, -0.2) is 10.8 Å². The number of para-hydroxylation sites is 1. The average molecular weight is 364 g/mol. The van der Waals surface area contributed by atoms with Crippen molar-refractivity contribution in [3.8, 4) is 0 Å². The minimum absolute atomic E-state index is 0. The number of fused-ring (bicyclic) bond motifs is 1. The summed E-state index contributed by atoms with van der Waals surface area (Å²) in [7, 11) is 0. The lowest BCUT2D eigenvalue weighted by Crippen LogP contribution is -3.00. The normalized spacial score (nSPS) is 10.1. The lowest BCUT2D eigenvalue weighted by Gasteiger charge is -1.94. The molecule has 3 nitrogen and oxygen atoms in total. The van der Waals surface area contributed by atoms with Gasteiger partial charge in [-0.15, -0.1) is 0 Å². The van der Waals surface area contributed by atoms with Gasteiger partial charge in [-0.05, 0) is 12.1 Å². The van der Waals surface area contributed by atoms with Crippen molar-refractivity contribution < 1.29 is 33.3 Å². The summed E-state index contributed by atoms with van der Waals surface area (Å²) in [4.78, 5) is 15.3. The van der Waals surface area contributed by atoms with Gasteiger partial charge in [0.1, 0.15) is 0 Å². The van der Waals surface area contributed by atoms with Crippen LogP contribution >= 0.6 is 0 Å². The molecule has 0 saturated carbocycles. The van der Waals surface area contributed by atoms with E-state index >= 15 is 0 Å². The predicted molar refractivity (Wildman–Crippen MR) is 69.3 cm³/mol. The lowest BCUT2D eigenvalue weighted by atomic mass is 10.2. The number of halogens is 1. The van der Waals surface area contributed by atoms with Crippen LogP contribution in [0.15, 0.2) is 60.9 Å². The van der Waals surface area contributed by atoms with E-state index in [0.717, 1.165) is 10.9 Å². The number of aromatic amines is 1. The van der Waals surface area contributed by atoms with Crippen LogP contribution in [0.3, 0.4) is 0 Å². The van der Waals surface area contributed by atoms with Crippen molar-refractivity contribution in [1.82, 2.24) is 4.98 Å². The number of nitrogens with one attached hydrogen (secondary N) is 1. The van der Waals surface area contributed by atoms with Crippen LogP contribution in [0, 0.1) is 0 Å². The van der Waals surface area contributed by atoms with Gasteiger partial charge in [-0.1, -0.05) is 24.3 Å². The van der Waals surface area contributed by atoms with Crippen molar-refractivity contribution in [3.05, 3.63) is 66.6 Å². The lowest BCUT2D eigenvalue weighted by molar-refractivity contribution is -0.683. The molecular weight excluding hydrogens is 351 g/mol. The molecular formula is C15H13IN2O. The smallest absolute Gasteiger partial charge is 0.243 e. The minimum atomic E-state index is 0. The third-order valence-electron chi connectivity index (χ3n) is 2.93. The molecule has 0 aliphatic heterocycles. The molecule has 0 unspecified atom stereocenters. The molecule has 2 aromatic heterocycles. The number of ketones is 1. The predicted octanol–water partition coefficient (Wildman–Crippen LogP) is -0.658. The zero-order chi connectivity index (χ0) is 12.4. The van der Waals surface area contributed by atoms with Gasteiger partial charge in [-0.2, -0.15) is 4.57 Å². The Labute approximate surface area is 128 Å². The summed E-state index contributed by atoms with van der Waals surface area (Å²) in [5.74, 6) is 0.0856. The number of H-pyrrole nitrogens is 1. The summed E-state index contributed by atoms with van der Waals surface area (Å²) in [5, 5.41) is 1.07. The van der Waals surface area contributed by atoms with Gasteiger partial charge in [0.05, 0.1) is 5.69 Å². The fraction of sp³-hybridized carbons (Fsp3) is 0.0667. The molecule has 1 N–H and O–H groups in total. The number of Topliss-reactive ketones (excluding diaryl/α,β-unsaturated/α-hetero) is 1. The SMILES string of the molecule is O=C(C[n+]1ccccc1)c1cc2ccccc2[nH]1.[I-]. The summed E-state index contributed by atoms with van der Waals surface area (Å²) in [5.41, 5.74) is 1.66. The van der Waals surface area contributed by atoms with Crippen LogP contribution in [0.2, 0.25) is 0 Å². The van der Waals surface area contributed by atoms with E-state index in [0.29, 0.717) is 12.2 Å². The molecule has 0 aliphatic rings. The van der Waals surface area contributed by atoms with Crippen molar-refractivity contribution >= 4 is 16.7 Å². The van der Waals surface area contributed by atoms with Crippen molar-refractivity contribution in [2.75, 3.05) is 0 Å². The first-order chi connectivity index (χ1) is 8.83. The van der Waals surface area contributed by atoms with E-state index in [4.69, 9.17) is 0 Å². The molecule has 0 saturated heterocycles. The molecule has 0 spiro atoms. The highest BCUT2D eigenvalue weighted by Crippen LogP contribution is 2.14. The van der Waals surface area contributed by atoms with Gasteiger partial charge in [0, 0.05) is 23.0 Å². The third kappa shape index (κ3) is 3.01. The Bertz CT molecular complexity index is 658. The number of rotatable bonds is 3. The van der Waals surface area contributed by atoms with E-state index in [1.807, 2.05) is 65.5 Å². The first kappa shape index (κ1) is 13.7. The van der Waals surface area contributed by atoms with Gasteiger partial charge in [-0.25, -0.2) is 0 Å². The standard InChI is InChI=1S/C15H12N2O.HI/c18-15(11-17-8-4-1-5-9-17)14-10-12-6-2-3-7-13(12)16-14;/h1-10H,11H2;1H. The molecule has 0 amide bonds. The molecule has 0 aliphatic carbocycles. The molecule has 19 heavy (non-hydrogen) atoms. The highest BCUT2D eigenvalue weighted by atomic mass is 127. The molecule has 2 heterocycles. The van der Waals surface area contributed by atoms with E-state index in [9.17, 15) is 4.79 Å². The highest BCUT2D eigenvalue weighted by molar-refractivity contribution is 5.98. The maximum atomic E-state index is 12.1. The summed E-state index contributed by atoms with van der Waals surface area (Å²) < 4.78 is 1.87. The number of pyridine rings is 1. The van der Waals surface area contributed by atoms with Gasteiger partial charge in [0.2, 0.25) is 12.3 Å². The molecule has 0 radical (unpaired) electrons. The van der Waals surface area contributed by atoms with Crippen molar-refractivity contribution in [3.63, 3.8) is 0 Å². The number of nitrogens with zero attached hydrogens (tertiary/aromatic N) is 1. The minimum Gasteiger partial charge on any atom is -1.00 e. The molecule has 0 fully saturated rings. The zero-order valence-corrected chi connectivity index (χ0v) is 12.4. The Morgan fingerprint density at radius 1 is 1.05 bits per heavy atom. The summed E-state index contributed by atoms with van der Waals surface area (Å²) in [6.07, 6.45) is 3.78. The molecule has 96 valence electrons. The monoisotopic (exact) mass is 364 g/mol. The number of carbonyl (C=O) groups is 1. The van der Waals surface area contributed by atoms with E-state index in [1.54, 1.807) is 0 Å². The van der Waals surface area contributed by atoms with Crippen LogP contribution in [0.5, 0.6) is 0 Å². The van der Waals surface area contributed by atoms with Gasteiger partial charge in [-0.3, -0.25) is 4.79 Å². The Morgan fingerprint density at radius 2 is 1.79 bits per heavy atom. The van der Waals surface area contributed by atoms with Crippen LogP contribution in [0.1, 0.15) is 10.5 Å². The molecule has 0 bridgehead atoms. The highest BCUT2D eigenvalue weighted by Gasteiger charge is 2.13. The second-order valence-corrected chi connectivity index (χ2v) is 4.24. The van der Waals surface area contributed by atoms with E-state index in [1.165, 1.54) is 0 Å². The quantitative estimate of drug-likeness (QED) is 0.374. The van der Waals surface area contributed by atoms with Crippen LogP contribution in [0.25, 0.3) is 10.9 Å². The molecule has 3 aromatic rings. The Kier molecular flexibility index (Phi) is 4.31. The summed E-state index contributed by atoms with van der Waals surface area (Å²) in [6, 6.07) is 15.6. The second-order valence-electron chi connectivity index (χ2n) is 4.24. The number of benzene rings is 1. The first-order valence-corrected chi connectivity index (χ1v) is 5.88. The van der Waals surface area contributed by atoms with Crippen LogP contribution < -0.4 is 28.5 Å². The Balaban J connectivity index is 0.00000133. The largest absolute Gasteiger partial charge is 1.00 e. The maximum absolute atomic E-state index is 12.1. The van der Waals surface area contributed by atoms with Crippen molar-refractivity contribution in [2.24, 2.45) is 0 Å². The average Bonchev–Trinajstić information content (AvgIpc) is 2.84. The third-order valence-corrected chi connectivity index (χ3v) is 2.93. The van der Waals surface area contributed by atoms with Gasteiger partial charge in [0.15, 0.2) is 12.4 Å². The van der Waals surface area contributed by atoms with Crippen molar-refractivity contribution in [2.45, 2.75) is 6.54 Å². The number of aromatic nitrogens is 2. The Hall–Kier alpha value is -1.69. The van der Waals surface area contributed by atoms with Crippen molar-refractivity contribution in [1.29, 1.82) is 0 Å². The van der Waals surface area contributed by atoms with Gasteiger partial charge >= 0.3 is 0 Å². The fourth-order valence-electron chi connectivity index (χ4n) is 2.01.